The first-order chi connectivity index (χ1) is 11.0. The fourth-order valence-electron chi connectivity index (χ4n) is 2.91. The quantitative estimate of drug-likeness (QED) is 0.865. The Balaban J connectivity index is 1.71. The summed E-state index contributed by atoms with van der Waals surface area (Å²) in [6.45, 7) is 3.44. The van der Waals surface area contributed by atoms with Crippen molar-refractivity contribution in [3.05, 3.63) is 35.7 Å². The number of likely N-dealkylation sites (tertiary alicyclic amines) is 1. The lowest BCUT2D eigenvalue weighted by atomic mass is 10.1. The molecule has 0 bridgehead atoms. The molecule has 1 saturated heterocycles. The van der Waals surface area contributed by atoms with Crippen LogP contribution in [0.5, 0.6) is 0 Å². The lowest BCUT2D eigenvalue weighted by Gasteiger charge is -2.24. The van der Waals surface area contributed by atoms with Gasteiger partial charge in [-0.3, -0.25) is 9.69 Å². The van der Waals surface area contributed by atoms with Crippen LogP contribution in [0.3, 0.4) is 0 Å². The van der Waals surface area contributed by atoms with Crippen molar-refractivity contribution in [3.8, 4) is 11.4 Å². The maximum absolute atomic E-state index is 12.2. The Labute approximate surface area is 136 Å². The number of amides is 1. The second kappa shape index (κ2) is 6.50. The highest BCUT2D eigenvalue weighted by molar-refractivity contribution is 5.81. The van der Waals surface area contributed by atoms with Gasteiger partial charge < -0.3 is 9.42 Å². The lowest BCUT2D eigenvalue weighted by Crippen LogP contribution is -2.42. The molecular weight excluding hydrogens is 292 g/mol. The van der Waals surface area contributed by atoms with Crippen LogP contribution in [0, 0.1) is 6.92 Å². The van der Waals surface area contributed by atoms with E-state index in [1.54, 1.807) is 19.0 Å². The Morgan fingerprint density at radius 3 is 2.78 bits per heavy atom. The summed E-state index contributed by atoms with van der Waals surface area (Å²) >= 11 is 0. The van der Waals surface area contributed by atoms with Crippen LogP contribution in [0.4, 0.5) is 0 Å². The summed E-state index contributed by atoms with van der Waals surface area (Å²) in [5, 5.41) is 4.06. The van der Waals surface area contributed by atoms with E-state index in [4.69, 9.17) is 4.52 Å². The fourth-order valence-corrected chi connectivity index (χ4v) is 2.91. The SMILES string of the molecule is Cc1ccc(-c2noc(CN3CCC[C@@H]3C(=O)N(C)C)n2)cc1. The topological polar surface area (TPSA) is 62.5 Å². The van der Waals surface area contributed by atoms with Gasteiger partial charge in [0.1, 0.15) is 0 Å². The highest BCUT2D eigenvalue weighted by Gasteiger charge is 2.32. The minimum absolute atomic E-state index is 0.0836. The van der Waals surface area contributed by atoms with E-state index < -0.39 is 0 Å². The number of aryl methyl sites for hydroxylation is 1. The van der Waals surface area contributed by atoms with Gasteiger partial charge in [-0.05, 0) is 26.3 Å². The van der Waals surface area contributed by atoms with E-state index in [1.807, 2.05) is 31.2 Å². The lowest BCUT2D eigenvalue weighted by molar-refractivity contribution is -0.133. The zero-order chi connectivity index (χ0) is 16.4. The number of nitrogens with zero attached hydrogens (tertiary/aromatic N) is 4. The third kappa shape index (κ3) is 3.42. The molecule has 3 rings (SSSR count). The summed E-state index contributed by atoms with van der Waals surface area (Å²) in [6, 6.07) is 7.94. The Hall–Kier alpha value is -2.21. The van der Waals surface area contributed by atoms with Crippen LogP contribution in [0.25, 0.3) is 11.4 Å². The molecule has 0 radical (unpaired) electrons. The van der Waals surface area contributed by atoms with Gasteiger partial charge in [0.05, 0.1) is 12.6 Å². The van der Waals surface area contributed by atoms with Crippen molar-refractivity contribution >= 4 is 5.91 Å². The van der Waals surface area contributed by atoms with E-state index in [0.29, 0.717) is 18.3 Å². The molecule has 1 atom stereocenters. The number of benzene rings is 1. The molecule has 0 saturated carbocycles. The van der Waals surface area contributed by atoms with Crippen LogP contribution in [0.2, 0.25) is 0 Å². The Morgan fingerprint density at radius 1 is 1.35 bits per heavy atom. The molecule has 6 nitrogen and oxygen atoms in total. The summed E-state index contributed by atoms with van der Waals surface area (Å²) < 4.78 is 5.37. The normalized spacial score (nSPS) is 18.3. The smallest absolute Gasteiger partial charge is 0.241 e. The molecule has 6 heteroatoms. The molecule has 0 spiro atoms. The minimum Gasteiger partial charge on any atom is -0.347 e. The van der Waals surface area contributed by atoms with Crippen molar-refractivity contribution in [2.24, 2.45) is 0 Å². The van der Waals surface area contributed by atoms with Gasteiger partial charge in [0.15, 0.2) is 0 Å². The van der Waals surface area contributed by atoms with Crippen molar-refractivity contribution in [1.29, 1.82) is 0 Å². The number of rotatable bonds is 4. The number of carbonyl (C=O) groups is 1. The van der Waals surface area contributed by atoms with E-state index in [1.165, 1.54) is 5.56 Å². The number of hydrogen-bond acceptors (Lipinski definition) is 5. The number of likely N-dealkylation sites (N-methyl/N-ethyl adjacent to an activating group) is 1. The monoisotopic (exact) mass is 314 g/mol. The predicted octanol–water partition coefficient (Wildman–Crippen LogP) is 2.10. The molecule has 122 valence electrons. The van der Waals surface area contributed by atoms with Crippen molar-refractivity contribution < 1.29 is 9.32 Å². The van der Waals surface area contributed by atoms with Crippen molar-refractivity contribution in [3.63, 3.8) is 0 Å². The molecule has 2 heterocycles. The van der Waals surface area contributed by atoms with Gasteiger partial charge in [0.25, 0.3) is 0 Å². The van der Waals surface area contributed by atoms with E-state index in [2.05, 4.69) is 15.0 Å². The second-order valence-corrected chi connectivity index (χ2v) is 6.24. The number of hydrogen-bond donors (Lipinski definition) is 0. The molecule has 0 N–H and O–H groups in total. The molecule has 2 aromatic rings. The van der Waals surface area contributed by atoms with Gasteiger partial charge in [0, 0.05) is 19.7 Å². The van der Waals surface area contributed by atoms with E-state index in [9.17, 15) is 4.79 Å². The maximum atomic E-state index is 12.2. The summed E-state index contributed by atoms with van der Waals surface area (Å²) in [6.07, 6.45) is 1.90. The summed E-state index contributed by atoms with van der Waals surface area (Å²) in [4.78, 5) is 20.5. The van der Waals surface area contributed by atoms with Crippen LogP contribution < -0.4 is 0 Å². The standard InChI is InChI=1S/C17H22N4O2/c1-12-6-8-13(9-7-12)16-18-15(23-19-16)11-21-10-4-5-14(21)17(22)20(2)3/h6-9,14H,4-5,10-11H2,1-3H3/t14-/m1/s1. The largest absolute Gasteiger partial charge is 0.347 e. The molecule has 1 aliphatic rings. The Morgan fingerprint density at radius 2 is 2.09 bits per heavy atom. The van der Waals surface area contributed by atoms with E-state index >= 15 is 0 Å². The van der Waals surface area contributed by atoms with Gasteiger partial charge in [0.2, 0.25) is 17.6 Å². The molecule has 0 unspecified atom stereocenters. The predicted molar refractivity (Wildman–Crippen MR) is 86.6 cm³/mol. The summed E-state index contributed by atoms with van der Waals surface area (Å²) in [7, 11) is 3.59. The minimum atomic E-state index is -0.0836. The molecule has 1 aromatic heterocycles. The molecule has 1 fully saturated rings. The first-order valence-corrected chi connectivity index (χ1v) is 7.89. The van der Waals surface area contributed by atoms with Crippen molar-refractivity contribution in [2.75, 3.05) is 20.6 Å². The van der Waals surface area contributed by atoms with Crippen LogP contribution in [0.15, 0.2) is 28.8 Å². The Bertz CT molecular complexity index is 678. The molecule has 23 heavy (non-hydrogen) atoms. The van der Waals surface area contributed by atoms with Crippen LogP contribution in [0.1, 0.15) is 24.3 Å². The molecule has 1 aliphatic heterocycles. The van der Waals surface area contributed by atoms with E-state index in [0.717, 1.165) is 24.9 Å². The third-order valence-corrected chi connectivity index (χ3v) is 4.21. The number of aromatic nitrogens is 2. The third-order valence-electron chi connectivity index (χ3n) is 4.21. The first-order valence-electron chi connectivity index (χ1n) is 7.89. The fraction of sp³-hybridized carbons (Fsp3) is 0.471. The highest BCUT2D eigenvalue weighted by atomic mass is 16.5. The van der Waals surface area contributed by atoms with Gasteiger partial charge in [-0.25, -0.2) is 0 Å². The van der Waals surface area contributed by atoms with Gasteiger partial charge in [-0.1, -0.05) is 35.0 Å². The maximum Gasteiger partial charge on any atom is 0.241 e. The van der Waals surface area contributed by atoms with Crippen molar-refractivity contribution in [2.45, 2.75) is 32.4 Å². The summed E-state index contributed by atoms with van der Waals surface area (Å²) in [5.41, 5.74) is 2.13. The van der Waals surface area contributed by atoms with Gasteiger partial charge in [-0.15, -0.1) is 0 Å². The van der Waals surface area contributed by atoms with Crippen LogP contribution in [-0.2, 0) is 11.3 Å². The molecule has 0 aliphatic carbocycles. The summed E-state index contributed by atoms with van der Waals surface area (Å²) in [5.74, 6) is 1.29. The molecule has 1 amide bonds. The van der Waals surface area contributed by atoms with Crippen LogP contribution in [-0.4, -0.2) is 52.5 Å². The highest BCUT2D eigenvalue weighted by Crippen LogP contribution is 2.22. The zero-order valence-electron chi connectivity index (χ0n) is 13.8. The average Bonchev–Trinajstić information content (AvgIpc) is 3.17. The van der Waals surface area contributed by atoms with Crippen molar-refractivity contribution in [1.82, 2.24) is 19.9 Å². The average molecular weight is 314 g/mol. The molecule has 1 aromatic carbocycles. The van der Waals surface area contributed by atoms with Gasteiger partial charge >= 0.3 is 0 Å². The first kappa shape index (κ1) is 15.7. The molecular formula is C17H22N4O2. The van der Waals surface area contributed by atoms with Gasteiger partial charge in [-0.2, -0.15) is 4.98 Å². The van der Waals surface area contributed by atoms with Crippen LogP contribution >= 0.6 is 0 Å². The zero-order valence-corrected chi connectivity index (χ0v) is 13.8. The number of carbonyl (C=O) groups excluding carboxylic acids is 1. The van der Waals surface area contributed by atoms with E-state index in [-0.39, 0.29) is 11.9 Å². The Kier molecular flexibility index (Phi) is 4.43. The second-order valence-electron chi connectivity index (χ2n) is 6.24.